The second kappa shape index (κ2) is 7.70. The van der Waals surface area contributed by atoms with Crippen molar-refractivity contribution in [2.24, 2.45) is 0 Å². The molecule has 1 fully saturated rings. The Balaban J connectivity index is 3.10. The average Bonchev–Trinajstić information content (AvgIpc) is 2.33. The van der Waals surface area contributed by atoms with Gasteiger partial charge in [0.05, 0.1) is 12.9 Å². The van der Waals surface area contributed by atoms with E-state index >= 15 is 0 Å². The van der Waals surface area contributed by atoms with Crippen LogP contribution in [0.5, 0.6) is 0 Å². The Morgan fingerprint density at radius 1 is 0.957 bits per heavy atom. The number of nitrogens with one attached hydrogen (secondary N) is 1. The molecule has 1 saturated heterocycles. The molecule has 0 aliphatic carbocycles. The lowest BCUT2D eigenvalue weighted by Gasteiger charge is -2.40. The van der Waals surface area contributed by atoms with Crippen molar-refractivity contribution < 1.29 is 41.7 Å². The summed E-state index contributed by atoms with van der Waals surface area (Å²) in [6.45, 7) is 3.11. The van der Waals surface area contributed by atoms with Crippen molar-refractivity contribution in [3.8, 4) is 0 Å². The van der Waals surface area contributed by atoms with Gasteiger partial charge in [-0.3, -0.25) is 14.4 Å². The number of esters is 3. The van der Waals surface area contributed by atoms with Crippen molar-refractivity contribution in [1.82, 2.24) is 4.72 Å². The molecule has 0 aromatic heterocycles. The summed E-state index contributed by atoms with van der Waals surface area (Å²) < 4.78 is 45.2. The molecular weight excluding hydrogens is 334 g/mol. The van der Waals surface area contributed by atoms with E-state index < -0.39 is 52.5 Å². The lowest BCUT2D eigenvalue weighted by atomic mass is 10.0. The van der Waals surface area contributed by atoms with Gasteiger partial charge in [0.15, 0.2) is 24.5 Å². The monoisotopic (exact) mass is 353 g/mol. The van der Waals surface area contributed by atoms with Gasteiger partial charge in [0.2, 0.25) is 10.0 Å². The Morgan fingerprint density at radius 3 is 1.87 bits per heavy atom. The molecule has 2 unspecified atom stereocenters. The van der Waals surface area contributed by atoms with Crippen LogP contribution in [0.15, 0.2) is 0 Å². The van der Waals surface area contributed by atoms with E-state index in [9.17, 15) is 22.8 Å². The van der Waals surface area contributed by atoms with E-state index in [1.165, 1.54) is 0 Å². The maximum atomic E-state index is 11.4. The summed E-state index contributed by atoms with van der Waals surface area (Å²) in [5, 5.41) is 0. The fraction of sp³-hybridized carbons (Fsp3) is 0.750. The van der Waals surface area contributed by atoms with Crippen molar-refractivity contribution in [3.63, 3.8) is 0 Å². The lowest BCUT2D eigenvalue weighted by molar-refractivity contribution is -0.227. The summed E-state index contributed by atoms with van der Waals surface area (Å²) in [7, 11) is -3.70. The van der Waals surface area contributed by atoms with Crippen LogP contribution in [0.4, 0.5) is 0 Å². The van der Waals surface area contributed by atoms with Gasteiger partial charge in [-0.15, -0.1) is 0 Å². The molecule has 0 aromatic rings. The van der Waals surface area contributed by atoms with Gasteiger partial charge in [-0.2, -0.15) is 4.72 Å². The quantitative estimate of drug-likeness (QED) is 0.472. The molecule has 1 N–H and O–H groups in total. The number of sulfonamides is 1. The van der Waals surface area contributed by atoms with Crippen LogP contribution in [0.3, 0.4) is 0 Å². The summed E-state index contributed by atoms with van der Waals surface area (Å²) in [5.74, 6) is -2.13. The molecule has 11 heteroatoms. The van der Waals surface area contributed by atoms with E-state index in [0.29, 0.717) is 0 Å². The second-order valence-corrected chi connectivity index (χ2v) is 6.72. The van der Waals surface area contributed by atoms with Crippen LogP contribution in [0.2, 0.25) is 0 Å². The van der Waals surface area contributed by atoms with E-state index in [2.05, 4.69) is 4.72 Å². The van der Waals surface area contributed by atoms with Crippen LogP contribution in [-0.4, -0.2) is 63.7 Å². The molecule has 1 aliphatic heterocycles. The fourth-order valence-electron chi connectivity index (χ4n) is 2.05. The molecule has 0 amide bonds. The molecule has 1 heterocycles. The van der Waals surface area contributed by atoms with Gasteiger partial charge < -0.3 is 18.9 Å². The minimum absolute atomic E-state index is 0.248. The molecule has 0 aromatic carbocycles. The maximum absolute atomic E-state index is 11.4. The Labute approximate surface area is 133 Å². The van der Waals surface area contributed by atoms with Crippen molar-refractivity contribution in [2.75, 3.05) is 12.9 Å². The molecule has 132 valence electrons. The summed E-state index contributed by atoms with van der Waals surface area (Å²) >= 11 is 0. The molecular formula is C12H19NO9S. The highest BCUT2D eigenvalue weighted by Crippen LogP contribution is 2.23. The van der Waals surface area contributed by atoms with Gasteiger partial charge in [-0.25, -0.2) is 8.42 Å². The first-order valence-corrected chi connectivity index (χ1v) is 8.49. The Kier molecular flexibility index (Phi) is 6.47. The zero-order valence-corrected chi connectivity index (χ0v) is 13.9. The van der Waals surface area contributed by atoms with E-state index in [0.717, 1.165) is 27.0 Å². The number of carbonyl (C=O) groups excluding carboxylic acids is 3. The van der Waals surface area contributed by atoms with Gasteiger partial charge in [-0.1, -0.05) is 0 Å². The Morgan fingerprint density at radius 2 is 1.43 bits per heavy atom. The normalized spacial score (nSPS) is 27.8. The number of rotatable bonds is 5. The van der Waals surface area contributed by atoms with Crippen molar-refractivity contribution in [1.29, 1.82) is 0 Å². The predicted molar refractivity (Wildman–Crippen MR) is 74.4 cm³/mol. The summed E-state index contributed by atoms with van der Waals surface area (Å²) in [4.78, 5) is 33.7. The first kappa shape index (κ1) is 19.3. The van der Waals surface area contributed by atoms with E-state index in [-0.39, 0.29) is 6.61 Å². The van der Waals surface area contributed by atoms with Gasteiger partial charge in [0.25, 0.3) is 0 Å². The number of hydrogen-bond donors (Lipinski definition) is 1. The highest BCUT2D eigenvalue weighted by Gasteiger charge is 2.47. The Hall–Kier alpha value is -1.72. The lowest BCUT2D eigenvalue weighted by Crippen LogP contribution is -2.62. The van der Waals surface area contributed by atoms with Gasteiger partial charge in [0.1, 0.15) is 0 Å². The third-order valence-electron chi connectivity index (χ3n) is 2.68. The van der Waals surface area contributed by atoms with Crippen molar-refractivity contribution in [3.05, 3.63) is 0 Å². The van der Waals surface area contributed by atoms with Gasteiger partial charge in [-0.05, 0) is 0 Å². The number of carbonyl (C=O) groups is 3. The fourth-order valence-corrected chi connectivity index (χ4v) is 2.68. The van der Waals surface area contributed by atoms with Crippen LogP contribution in [0, 0.1) is 0 Å². The van der Waals surface area contributed by atoms with Gasteiger partial charge in [0, 0.05) is 20.8 Å². The molecule has 0 bridgehead atoms. The average molecular weight is 353 g/mol. The maximum Gasteiger partial charge on any atom is 0.303 e. The van der Waals surface area contributed by atoms with Gasteiger partial charge >= 0.3 is 17.9 Å². The van der Waals surface area contributed by atoms with E-state index in [1.807, 2.05) is 0 Å². The molecule has 4 atom stereocenters. The number of hydrogen-bond acceptors (Lipinski definition) is 9. The number of ether oxygens (including phenoxy) is 4. The molecule has 1 rings (SSSR count). The topological polar surface area (TPSA) is 134 Å². The molecule has 1 aliphatic rings. The highest BCUT2D eigenvalue weighted by atomic mass is 32.2. The first-order chi connectivity index (χ1) is 10.5. The predicted octanol–water partition coefficient (Wildman–Crippen LogP) is -1.31. The largest absolute Gasteiger partial charge is 0.456 e. The van der Waals surface area contributed by atoms with Crippen LogP contribution >= 0.6 is 0 Å². The zero-order chi connectivity index (χ0) is 17.8. The molecule has 23 heavy (non-hydrogen) atoms. The standard InChI is InChI=1S/C12H19NO9S/c1-6(14)20-9-5-19-12(13-23(4,17)18)11(22-8(3)16)10(9)21-7(2)15/h9-13H,5H2,1-4H3/t9-,10?,11?,12+/m0/s1. The van der Waals surface area contributed by atoms with E-state index in [4.69, 9.17) is 18.9 Å². The summed E-state index contributed by atoms with van der Waals surface area (Å²) in [5.41, 5.74) is 0. The highest BCUT2D eigenvalue weighted by molar-refractivity contribution is 7.88. The SMILES string of the molecule is CC(=O)OC1C(OC(C)=O)[C@H](NS(C)(=O)=O)OC[C@@H]1OC(C)=O. The smallest absolute Gasteiger partial charge is 0.303 e. The molecule has 10 nitrogen and oxygen atoms in total. The minimum atomic E-state index is -3.70. The third kappa shape index (κ3) is 6.50. The first-order valence-electron chi connectivity index (χ1n) is 6.60. The molecule has 0 radical (unpaired) electrons. The summed E-state index contributed by atoms with van der Waals surface area (Å²) in [6, 6.07) is 0. The van der Waals surface area contributed by atoms with Crippen molar-refractivity contribution in [2.45, 2.75) is 45.3 Å². The molecule has 0 saturated carbocycles. The van der Waals surface area contributed by atoms with Crippen LogP contribution in [0.25, 0.3) is 0 Å². The molecule has 0 spiro atoms. The zero-order valence-electron chi connectivity index (χ0n) is 13.1. The van der Waals surface area contributed by atoms with Crippen LogP contribution in [0.1, 0.15) is 20.8 Å². The minimum Gasteiger partial charge on any atom is -0.456 e. The van der Waals surface area contributed by atoms with Crippen LogP contribution < -0.4 is 4.72 Å². The van der Waals surface area contributed by atoms with E-state index in [1.54, 1.807) is 0 Å². The van der Waals surface area contributed by atoms with Crippen LogP contribution in [-0.2, 0) is 43.4 Å². The second-order valence-electron chi connectivity index (χ2n) is 4.94. The third-order valence-corrected chi connectivity index (χ3v) is 3.34. The summed E-state index contributed by atoms with van der Waals surface area (Å²) in [6.07, 6.45) is -3.97. The Bertz CT molecular complexity index is 573. The van der Waals surface area contributed by atoms with Crippen molar-refractivity contribution >= 4 is 27.9 Å².